The molecule has 3 aromatic heterocycles. The third kappa shape index (κ3) is 3.99. The molecule has 0 saturated carbocycles. The molecule has 7 nitrogen and oxygen atoms in total. The molecule has 0 amide bonds. The number of halogens is 1. The van der Waals surface area contributed by atoms with Crippen molar-refractivity contribution in [1.29, 1.82) is 0 Å². The first-order valence-corrected chi connectivity index (χ1v) is 11.3. The molecule has 0 N–H and O–H groups in total. The number of methoxy groups -OCH3 is 1. The Bertz CT molecular complexity index is 1460. The third-order valence-corrected chi connectivity index (χ3v) is 6.61. The number of rotatable bonds is 6. The lowest BCUT2D eigenvalue weighted by Crippen LogP contribution is -2.06. The highest BCUT2D eigenvalue weighted by Gasteiger charge is 2.25. The maximum absolute atomic E-state index is 13.6. The highest BCUT2D eigenvalue weighted by molar-refractivity contribution is 7.16. The van der Waals surface area contributed by atoms with E-state index in [9.17, 15) is 4.79 Å². The highest BCUT2D eigenvalue weighted by Crippen LogP contribution is 2.33. The second kappa shape index (κ2) is 8.73. The second-order valence-corrected chi connectivity index (χ2v) is 8.80. The number of carbonyl (C=O) groups is 1. The van der Waals surface area contributed by atoms with Crippen molar-refractivity contribution in [3.8, 4) is 16.5 Å². The molecular weight excluding hydrogens is 458 g/mol. The molecule has 5 aromatic rings. The molecule has 0 atom stereocenters. The molecule has 9 heteroatoms. The number of hydrogen-bond donors (Lipinski definition) is 0. The van der Waals surface area contributed by atoms with E-state index in [1.54, 1.807) is 25.7 Å². The fourth-order valence-electron chi connectivity index (χ4n) is 3.79. The average Bonchev–Trinajstić information content (AvgIpc) is 3.44. The van der Waals surface area contributed by atoms with Crippen LogP contribution in [0.4, 0.5) is 0 Å². The third-order valence-electron chi connectivity index (χ3n) is 5.41. The lowest BCUT2D eigenvalue weighted by Gasteiger charge is -2.09. The van der Waals surface area contributed by atoms with Gasteiger partial charge < -0.3 is 9.30 Å². The van der Waals surface area contributed by atoms with Crippen LogP contribution in [0.25, 0.3) is 21.6 Å². The first-order valence-electron chi connectivity index (χ1n) is 10.1. The molecule has 0 aliphatic heterocycles. The fraction of sp³-hybridized carbons (Fsp3) is 0.125. The Kier molecular flexibility index (Phi) is 5.62. The molecule has 0 aliphatic rings. The topological polar surface area (TPSA) is 82.8 Å². The van der Waals surface area contributed by atoms with Gasteiger partial charge in [0.25, 0.3) is 0 Å². The van der Waals surface area contributed by atoms with Gasteiger partial charge in [-0.1, -0.05) is 35.1 Å². The summed E-state index contributed by atoms with van der Waals surface area (Å²) in [7, 11) is 1.61. The van der Waals surface area contributed by atoms with E-state index >= 15 is 0 Å². The van der Waals surface area contributed by atoms with E-state index in [1.807, 2.05) is 49.4 Å². The summed E-state index contributed by atoms with van der Waals surface area (Å²) in [6.07, 6.45) is 4.77. The van der Waals surface area contributed by atoms with Crippen molar-refractivity contribution < 1.29 is 9.53 Å². The maximum atomic E-state index is 13.6. The van der Waals surface area contributed by atoms with Gasteiger partial charge in [-0.3, -0.25) is 14.8 Å². The number of carbonyl (C=O) groups excluding carboxylic acids is 1. The molecule has 0 radical (unpaired) electrons. The van der Waals surface area contributed by atoms with Crippen molar-refractivity contribution in [3.05, 3.63) is 87.9 Å². The van der Waals surface area contributed by atoms with Crippen LogP contribution in [0.2, 0.25) is 5.02 Å². The molecule has 0 saturated heterocycles. The average molecular weight is 476 g/mol. The van der Waals surface area contributed by atoms with Crippen LogP contribution in [0, 0.1) is 6.92 Å². The van der Waals surface area contributed by atoms with Gasteiger partial charge in [-0.15, -0.1) is 10.2 Å². The van der Waals surface area contributed by atoms with E-state index in [0.717, 1.165) is 22.2 Å². The number of ether oxygens (including phenoxy) is 1. The Hall–Kier alpha value is -3.62. The van der Waals surface area contributed by atoms with Gasteiger partial charge in [-0.05, 0) is 42.8 Å². The fourth-order valence-corrected chi connectivity index (χ4v) is 4.66. The molecule has 0 aliphatic carbocycles. The summed E-state index contributed by atoms with van der Waals surface area (Å²) < 4.78 is 7.55. The normalized spacial score (nSPS) is 11.1. The summed E-state index contributed by atoms with van der Waals surface area (Å²) in [6, 6.07) is 13.4. The highest BCUT2D eigenvalue weighted by atomic mass is 35.5. The summed E-state index contributed by atoms with van der Waals surface area (Å²) >= 11 is 7.25. The summed E-state index contributed by atoms with van der Waals surface area (Å²) in [5.41, 5.74) is 4.02. The van der Waals surface area contributed by atoms with Crippen molar-refractivity contribution >= 4 is 39.6 Å². The molecule has 0 fully saturated rings. The number of aromatic nitrogens is 5. The van der Waals surface area contributed by atoms with Crippen molar-refractivity contribution in [2.24, 2.45) is 0 Å². The summed E-state index contributed by atoms with van der Waals surface area (Å²) in [4.78, 5) is 21.9. The number of benzene rings is 2. The Morgan fingerprint density at radius 3 is 2.67 bits per heavy atom. The molecule has 33 heavy (non-hydrogen) atoms. The van der Waals surface area contributed by atoms with Gasteiger partial charge in [-0.2, -0.15) is 0 Å². The van der Waals surface area contributed by atoms with Crippen LogP contribution in [0.3, 0.4) is 0 Å². The first-order chi connectivity index (χ1) is 16.0. The minimum absolute atomic E-state index is 0.187. The smallest absolute Gasteiger partial charge is 0.225 e. The van der Waals surface area contributed by atoms with Crippen LogP contribution in [0.15, 0.2) is 61.1 Å². The van der Waals surface area contributed by atoms with Gasteiger partial charge >= 0.3 is 0 Å². The molecule has 0 spiro atoms. The van der Waals surface area contributed by atoms with E-state index in [-0.39, 0.29) is 5.78 Å². The first kappa shape index (κ1) is 21.2. The SMILES string of the molecule is COc1ccc2c(c1)c(C(=O)c1nnc(-c3cnccn3)s1)c(C)n2Cc1ccc(Cl)cc1. The van der Waals surface area contributed by atoms with Crippen molar-refractivity contribution in [3.63, 3.8) is 0 Å². The molecule has 0 unspecified atom stereocenters. The maximum Gasteiger partial charge on any atom is 0.225 e. The zero-order valence-corrected chi connectivity index (χ0v) is 19.4. The van der Waals surface area contributed by atoms with Crippen molar-refractivity contribution in [1.82, 2.24) is 24.7 Å². The zero-order chi connectivity index (χ0) is 22.9. The lowest BCUT2D eigenvalue weighted by molar-refractivity contribution is 0.103. The standard InChI is InChI=1S/C24H18ClN5O2S/c1-14-21(22(31)24-29-28-23(33-24)19-12-26-9-10-27-19)18-11-17(32-2)7-8-20(18)30(14)13-15-3-5-16(25)6-4-15/h3-12H,13H2,1-2H3. The number of nitrogens with zero attached hydrogens (tertiary/aromatic N) is 5. The minimum atomic E-state index is -0.187. The van der Waals surface area contributed by atoms with Gasteiger partial charge in [0, 0.05) is 40.6 Å². The van der Waals surface area contributed by atoms with Gasteiger partial charge in [0.05, 0.1) is 18.9 Å². The predicted molar refractivity (Wildman–Crippen MR) is 128 cm³/mol. The molecule has 5 rings (SSSR count). The van der Waals surface area contributed by atoms with Crippen LogP contribution >= 0.6 is 22.9 Å². The Balaban J connectivity index is 1.61. The quantitative estimate of drug-likeness (QED) is 0.314. The molecule has 164 valence electrons. The molecule has 0 bridgehead atoms. The van der Waals surface area contributed by atoms with E-state index < -0.39 is 0 Å². The number of ketones is 1. The van der Waals surface area contributed by atoms with Gasteiger partial charge in [0.15, 0.2) is 10.0 Å². The van der Waals surface area contributed by atoms with E-state index in [4.69, 9.17) is 16.3 Å². The largest absolute Gasteiger partial charge is 0.497 e. The van der Waals surface area contributed by atoms with Gasteiger partial charge in [-0.25, -0.2) is 0 Å². The summed E-state index contributed by atoms with van der Waals surface area (Å²) in [5, 5.41) is 10.7. The van der Waals surface area contributed by atoms with E-state index in [0.29, 0.717) is 38.6 Å². The van der Waals surface area contributed by atoms with Crippen LogP contribution in [-0.2, 0) is 6.54 Å². The van der Waals surface area contributed by atoms with Gasteiger partial charge in [0.2, 0.25) is 5.78 Å². The second-order valence-electron chi connectivity index (χ2n) is 7.39. The van der Waals surface area contributed by atoms with Gasteiger partial charge in [0.1, 0.15) is 11.4 Å². The Morgan fingerprint density at radius 1 is 1.12 bits per heavy atom. The number of fused-ring (bicyclic) bond motifs is 1. The minimum Gasteiger partial charge on any atom is -0.497 e. The summed E-state index contributed by atoms with van der Waals surface area (Å²) in [5.74, 6) is 0.492. The van der Waals surface area contributed by atoms with Crippen LogP contribution in [0.1, 0.15) is 26.6 Å². The van der Waals surface area contributed by atoms with Crippen LogP contribution in [-0.4, -0.2) is 37.6 Å². The van der Waals surface area contributed by atoms with Crippen LogP contribution in [0.5, 0.6) is 5.75 Å². The molecule has 2 aromatic carbocycles. The Labute approximate surface area is 198 Å². The predicted octanol–water partition coefficient (Wildman–Crippen LogP) is 5.20. The lowest BCUT2D eigenvalue weighted by atomic mass is 10.1. The monoisotopic (exact) mass is 475 g/mol. The Morgan fingerprint density at radius 2 is 1.94 bits per heavy atom. The zero-order valence-electron chi connectivity index (χ0n) is 17.8. The summed E-state index contributed by atoms with van der Waals surface area (Å²) in [6.45, 7) is 2.54. The van der Waals surface area contributed by atoms with Crippen molar-refractivity contribution in [2.45, 2.75) is 13.5 Å². The van der Waals surface area contributed by atoms with E-state index in [1.165, 1.54) is 11.3 Å². The molecule has 3 heterocycles. The van der Waals surface area contributed by atoms with Crippen molar-refractivity contribution in [2.75, 3.05) is 7.11 Å². The number of hydrogen-bond acceptors (Lipinski definition) is 7. The van der Waals surface area contributed by atoms with Crippen LogP contribution < -0.4 is 4.74 Å². The molecular formula is C24H18ClN5O2S. The van der Waals surface area contributed by atoms with E-state index in [2.05, 4.69) is 24.7 Å².